The Kier molecular flexibility index (Phi) is 9.86. The molecule has 0 fully saturated rings. The Bertz CT molecular complexity index is 1340. The fraction of sp³-hybridized carbons (Fsp3) is 0.333. The first-order valence-electron chi connectivity index (χ1n) is 12.9. The fourth-order valence-corrected chi connectivity index (χ4v) is 5.64. The number of carbonyl (C=O) groups excluding carboxylic acids is 2. The zero-order chi connectivity index (χ0) is 28.6. The summed E-state index contributed by atoms with van der Waals surface area (Å²) in [6, 6.07) is 21.4. The van der Waals surface area contributed by atoms with E-state index in [0.29, 0.717) is 12.8 Å². The molecule has 3 aromatic rings. The van der Waals surface area contributed by atoms with Gasteiger partial charge in [-0.15, -0.1) is 0 Å². The molecule has 9 heteroatoms. The molecule has 0 saturated carbocycles. The molecule has 2 amide bonds. The summed E-state index contributed by atoms with van der Waals surface area (Å²) in [5, 5.41) is 2.94. The molecule has 3 rings (SSSR count). The zero-order valence-electron chi connectivity index (χ0n) is 22.8. The maximum Gasteiger partial charge on any atom is 0.264 e. The van der Waals surface area contributed by atoms with E-state index in [1.807, 2.05) is 58.0 Å². The summed E-state index contributed by atoms with van der Waals surface area (Å²) in [6.07, 6.45) is 0.818. The minimum Gasteiger partial charge on any atom is -0.350 e. The molecular formula is C30H36FN3O4S. The molecule has 0 bridgehead atoms. The molecule has 0 aliphatic heterocycles. The van der Waals surface area contributed by atoms with Gasteiger partial charge in [0.1, 0.15) is 18.4 Å². The number of carbonyl (C=O) groups is 2. The standard InChI is InChI=1S/C30H36FN3O4S/c1-5-27(29(36)32-30(2,3)4)33(21-20-23-12-8-6-9-13-23)28(35)22-34(25-18-16-24(31)17-19-25)39(37,38)26-14-10-7-11-15-26/h6-19,27H,5,20-22H2,1-4H3,(H,32,36). The lowest BCUT2D eigenvalue weighted by Gasteiger charge is -2.34. The van der Waals surface area contributed by atoms with Gasteiger partial charge in [-0.25, -0.2) is 12.8 Å². The van der Waals surface area contributed by atoms with Gasteiger partial charge in [0.25, 0.3) is 10.0 Å². The lowest BCUT2D eigenvalue weighted by atomic mass is 10.1. The van der Waals surface area contributed by atoms with E-state index in [2.05, 4.69) is 5.32 Å². The first kappa shape index (κ1) is 29.8. The molecule has 0 spiro atoms. The quantitative estimate of drug-likeness (QED) is 0.370. The minimum atomic E-state index is -4.18. The number of rotatable bonds is 11. The summed E-state index contributed by atoms with van der Waals surface area (Å²) in [5.41, 5.74) is 0.604. The van der Waals surface area contributed by atoms with Crippen molar-refractivity contribution < 1.29 is 22.4 Å². The van der Waals surface area contributed by atoms with Crippen molar-refractivity contribution >= 4 is 27.5 Å². The van der Waals surface area contributed by atoms with Crippen LogP contribution in [0.3, 0.4) is 0 Å². The topological polar surface area (TPSA) is 86.8 Å². The molecule has 1 unspecified atom stereocenters. The lowest BCUT2D eigenvalue weighted by Crippen LogP contribution is -2.56. The van der Waals surface area contributed by atoms with E-state index in [1.54, 1.807) is 18.2 Å². The van der Waals surface area contributed by atoms with Crippen LogP contribution in [0.1, 0.15) is 39.7 Å². The summed E-state index contributed by atoms with van der Waals surface area (Å²) in [5.74, 6) is -1.38. The lowest BCUT2D eigenvalue weighted by molar-refractivity contribution is -0.140. The van der Waals surface area contributed by atoms with Gasteiger partial charge < -0.3 is 10.2 Å². The Balaban J connectivity index is 2.00. The molecule has 0 saturated heterocycles. The average molecular weight is 554 g/mol. The number of sulfonamides is 1. The highest BCUT2D eigenvalue weighted by Crippen LogP contribution is 2.25. The van der Waals surface area contributed by atoms with Crippen LogP contribution in [0.15, 0.2) is 89.8 Å². The molecule has 39 heavy (non-hydrogen) atoms. The summed E-state index contributed by atoms with van der Waals surface area (Å²) in [6.45, 7) is 7.04. The molecule has 0 aliphatic carbocycles. The first-order chi connectivity index (χ1) is 18.4. The van der Waals surface area contributed by atoms with Gasteiger partial charge in [-0.05, 0) is 75.6 Å². The van der Waals surface area contributed by atoms with Gasteiger partial charge >= 0.3 is 0 Å². The van der Waals surface area contributed by atoms with E-state index in [0.717, 1.165) is 22.0 Å². The molecular weight excluding hydrogens is 517 g/mol. The highest BCUT2D eigenvalue weighted by molar-refractivity contribution is 7.92. The summed E-state index contributed by atoms with van der Waals surface area (Å²) >= 11 is 0. The van der Waals surface area contributed by atoms with Crippen molar-refractivity contribution in [3.05, 3.63) is 96.3 Å². The molecule has 0 aliphatic rings. The zero-order valence-corrected chi connectivity index (χ0v) is 23.6. The predicted molar refractivity (Wildman–Crippen MR) is 151 cm³/mol. The van der Waals surface area contributed by atoms with Crippen LogP contribution in [-0.4, -0.2) is 49.8 Å². The third-order valence-electron chi connectivity index (χ3n) is 6.09. The molecule has 0 heterocycles. The predicted octanol–water partition coefficient (Wildman–Crippen LogP) is 4.79. The second-order valence-electron chi connectivity index (χ2n) is 10.3. The van der Waals surface area contributed by atoms with Crippen LogP contribution in [0.5, 0.6) is 0 Å². The Morgan fingerprint density at radius 3 is 2.00 bits per heavy atom. The number of nitrogens with one attached hydrogen (secondary N) is 1. The highest BCUT2D eigenvalue weighted by atomic mass is 32.2. The number of halogens is 1. The molecule has 0 aromatic heterocycles. The van der Waals surface area contributed by atoms with Crippen molar-refractivity contribution in [2.75, 3.05) is 17.4 Å². The second kappa shape index (κ2) is 12.9. The molecule has 3 aromatic carbocycles. The van der Waals surface area contributed by atoms with Crippen LogP contribution in [0.2, 0.25) is 0 Å². The number of amides is 2. The SMILES string of the molecule is CCC(C(=O)NC(C)(C)C)N(CCc1ccccc1)C(=O)CN(c1ccc(F)cc1)S(=O)(=O)c1ccccc1. The monoisotopic (exact) mass is 553 g/mol. The third-order valence-corrected chi connectivity index (χ3v) is 7.88. The van der Waals surface area contributed by atoms with Crippen LogP contribution in [0.4, 0.5) is 10.1 Å². The Morgan fingerprint density at radius 1 is 0.897 bits per heavy atom. The smallest absolute Gasteiger partial charge is 0.264 e. The molecule has 1 N–H and O–H groups in total. The number of benzene rings is 3. The van der Waals surface area contributed by atoms with Gasteiger partial charge in [-0.1, -0.05) is 55.5 Å². The van der Waals surface area contributed by atoms with Gasteiger partial charge in [0.05, 0.1) is 10.6 Å². The maximum absolute atomic E-state index is 13.9. The van der Waals surface area contributed by atoms with Gasteiger partial charge in [0.15, 0.2) is 0 Å². The number of anilines is 1. The van der Waals surface area contributed by atoms with Crippen LogP contribution in [-0.2, 0) is 26.0 Å². The van der Waals surface area contributed by atoms with Crippen LogP contribution < -0.4 is 9.62 Å². The van der Waals surface area contributed by atoms with E-state index in [4.69, 9.17) is 0 Å². The van der Waals surface area contributed by atoms with Crippen molar-refractivity contribution in [3.8, 4) is 0 Å². The number of hydrogen-bond acceptors (Lipinski definition) is 4. The minimum absolute atomic E-state index is 0.00419. The van der Waals surface area contributed by atoms with Crippen molar-refractivity contribution in [2.45, 2.75) is 57.0 Å². The Labute approximate surface area is 230 Å². The van der Waals surface area contributed by atoms with E-state index in [-0.39, 0.29) is 23.0 Å². The Morgan fingerprint density at radius 2 is 1.46 bits per heavy atom. The van der Waals surface area contributed by atoms with Crippen molar-refractivity contribution in [1.82, 2.24) is 10.2 Å². The fourth-order valence-electron chi connectivity index (χ4n) is 4.20. The van der Waals surface area contributed by atoms with E-state index >= 15 is 0 Å². The normalized spacial score (nSPS) is 12.4. The van der Waals surface area contributed by atoms with Crippen molar-refractivity contribution in [2.24, 2.45) is 0 Å². The van der Waals surface area contributed by atoms with Crippen LogP contribution in [0.25, 0.3) is 0 Å². The second-order valence-corrected chi connectivity index (χ2v) is 12.1. The van der Waals surface area contributed by atoms with Crippen LogP contribution in [0, 0.1) is 5.82 Å². The molecule has 0 radical (unpaired) electrons. The Hall–Kier alpha value is -3.72. The van der Waals surface area contributed by atoms with Gasteiger partial charge in [0, 0.05) is 12.1 Å². The van der Waals surface area contributed by atoms with Gasteiger partial charge in [0.2, 0.25) is 11.8 Å². The number of hydrogen-bond donors (Lipinski definition) is 1. The van der Waals surface area contributed by atoms with Crippen molar-refractivity contribution in [3.63, 3.8) is 0 Å². The first-order valence-corrected chi connectivity index (χ1v) is 14.3. The summed E-state index contributed by atoms with van der Waals surface area (Å²) in [7, 11) is -4.18. The largest absolute Gasteiger partial charge is 0.350 e. The summed E-state index contributed by atoms with van der Waals surface area (Å²) in [4.78, 5) is 28.7. The maximum atomic E-state index is 13.9. The molecule has 1 atom stereocenters. The molecule has 7 nitrogen and oxygen atoms in total. The van der Waals surface area contributed by atoms with Crippen molar-refractivity contribution in [1.29, 1.82) is 0 Å². The third kappa shape index (κ3) is 8.13. The van der Waals surface area contributed by atoms with Gasteiger partial charge in [-0.2, -0.15) is 0 Å². The van der Waals surface area contributed by atoms with E-state index < -0.39 is 39.9 Å². The average Bonchev–Trinajstić information content (AvgIpc) is 2.90. The van der Waals surface area contributed by atoms with E-state index in [1.165, 1.54) is 29.2 Å². The van der Waals surface area contributed by atoms with E-state index in [9.17, 15) is 22.4 Å². The number of nitrogens with zero attached hydrogens (tertiary/aromatic N) is 2. The highest BCUT2D eigenvalue weighted by Gasteiger charge is 2.34. The summed E-state index contributed by atoms with van der Waals surface area (Å²) < 4.78 is 42.1. The van der Waals surface area contributed by atoms with Gasteiger partial charge in [-0.3, -0.25) is 13.9 Å². The molecule has 208 valence electrons. The van der Waals surface area contributed by atoms with Crippen LogP contribution >= 0.6 is 0 Å².